The van der Waals surface area contributed by atoms with Crippen LogP contribution in [0.1, 0.15) is 32.6 Å². The van der Waals surface area contributed by atoms with E-state index in [1.165, 1.54) is 0 Å². The number of carbonyl (C=O) groups excluding carboxylic acids is 1. The summed E-state index contributed by atoms with van der Waals surface area (Å²) in [4.78, 5) is 14.2. The second-order valence-corrected chi connectivity index (χ2v) is 6.31. The molecule has 0 aromatic heterocycles. The lowest BCUT2D eigenvalue weighted by Gasteiger charge is -2.34. The van der Waals surface area contributed by atoms with Crippen LogP contribution >= 0.6 is 0 Å². The van der Waals surface area contributed by atoms with Gasteiger partial charge in [0.05, 0.1) is 6.54 Å². The maximum absolute atomic E-state index is 12.0. The Morgan fingerprint density at radius 2 is 2.00 bits per heavy atom. The van der Waals surface area contributed by atoms with Gasteiger partial charge < -0.3 is 15.8 Å². The van der Waals surface area contributed by atoms with Gasteiger partial charge in [0.15, 0.2) is 0 Å². The van der Waals surface area contributed by atoms with Gasteiger partial charge in [-0.1, -0.05) is 6.92 Å². The van der Waals surface area contributed by atoms with Gasteiger partial charge in [0, 0.05) is 38.9 Å². The Kier molecular flexibility index (Phi) is 5.19. The first-order valence-electron chi connectivity index (χ1n) is 7.40. The number of carbonyl (C=O) groups is 1. The van der Waals surface area contributed by atoms with Crippen LogP contribution in [0.4, 0.5) is 0 Å². The number of likely N-dealkylation sites (tertiary alicyclic amines) is 1. The van der Waals surface area contributed by atoms with Crippen molar-refractivity contribution in [3.63, 3.8) is 0 Å². The highest BCUT2D eigenvalue weighted by atomic mass is 16.5. The molecule has 2 rings (SSSR count). The Morgan fingerprint density at radius 3 is 2.63 bits per heavy atom. The number of rotatable bonds is 4. The molecule has 0 spiro atoms. The minimum Gasteiger partial charge on any atom is -0.381 e. The third-order valence-corrected chi connectivity index (χ3v) is 4.41. The van der Waals surface area contributed by atoms with Crippen LogP contribution in [-0.4, -0.2) is 56.2 Å². The van der Waals surface area contributed by atoms with E-state index in [0.717, 1.165) is 58.5 Å². The predicted molar refractivity (Wildman–Crippen MR) is 74.8 cm³/mol. The Labute approximate surface area is 115 Å². The topological polar surface area (TPSA) is 67.6 Å². The Bertz CT molecular complexity index is 295. The normalized spacial score (nSPS) is 25.2. The van der Waals surface area contributed by atoms with Gasteiger partial charge in [0.2, 0.25) is 5.91 Å². The molecule has 0 aromatic carbocycles. The smallest absolute Gasteiger partial charge is 0.234 e. The fourth-order valence-corrected chi connectivity index (χ4v) is 2.72. The molecule has 5 heteroatoms. The highest BCUT2D eigenvalue weighted by Crippen LogP contribution is 2.28. The van der Waals surface area contributed by atoms with Crippen LogP contribution in [-0.2, 0) is 9.53 Å². The van der Waals surface area contributed by atoms with Crippen molar-refractivity contribution in [1.82, 2.24) is 10.2 Å². The van der Waals surface area contributed by atoms with Gasteiger partial charge in [-0.25, -0.2) is 0 Å². The quantitative estimate of drug-likeness (QED) is 0.772. The number of nitrogens with one attached hydrogen (secondary N) is 1. The summed E-state index contributed by atoms with van der Waals surface area (Å²) in [7, 11) is 0. The van der Waals surface area contributed by atoms with Crippen LogP contribution < -0.4 is 11.1 Å². The third kappa shape index (κ3) is 4.75. The van der Waals surface area contributed by atoms with E-state index in [1.54, 1.807) is 0 Å². The van der Waals surface area contributed by atoms with E-state index < -0.39 is 0 Å². The fraction of sp³-hybridized carbons (Fsp3) is 0.929. The highest BCUT2D eigenvalue weighted by molar-refractivity contribution is 5.78. The summed E-state index contributed by atoms with van der Waals surface area (Å²) in [5.74, 6) is 0.142. The number of nitrogens with two attached hydrogens (primary N) is 1. The van der Waals surface area contributed by atoms with Gasteiger partial charge in [0.1, 0.15) is 0 Å². The van der Waals surface area contributed by atoms with Crippen molar-refractivity contribution in [3.8, 4) is 0 Å². The fourth-order valence-electron chi connectivity index (χ4n) is 2.72. The summed E-state index contributed by atoms with van der Waals surface area (Å²) in [6.45, 7) is 7.03. The van der Waals surface area contributed by atoms with E-state index in [0.29, 0.717) is 12.6 Å². The number of piperidine rings is 1. The number of hydrogen-bond acceptors (Lipinski definition) is 4. The lowest BCUT2D eigenvalue weighted by atomic mass is 9.82. The molecule has 110 valence electrons. The first kappa shape index (κ1) is 14.8. The average molecular weight is 269 g/mol. The molecular formula is C14H27N3O2. The Balaban J connectivity index is 1.66. The number of ether oxygens (including phenoxy) is 1. The van der Waals surface area contributed by atoms with E-state index in [9.17, 15) is 4.79 Å². The van der Waals surface area contributed by atoms with Crippen LogP contribution in [0, 0.1) is 5.41 Å². The van der Waals surface area contributed by atoms with Crippen molar-refractivity contribution in [2.45, 2.75) is 38.6 Å². The average Bonchev–Trinajstić information content (AvgIpc) is 2.40. The molecule has 0 aliphatic carbocycles. The molecule has 0 unspecified atom stereocenters. The summed E-state index contributed by atoms with van der Waals surface area (Å²) in [5, 5.41) is 3.08. The molecule has 2 aliphatic rings. The molecule has 0 atom stereocenters. The van der Waals surface area contributed by atoms with Crippen LogP contribution in [0.5, 0.6) is 0 Å². The summed E-state index contributed by atoms with van der Waals surface area (Å²) in [5.41, 5.74) is 6.07. The first-order chi connectivity index (χ1) is 9.07. The second-order valence-electron chi connectivity index (χ2n) is 6.31. The number of amides is 1. The summed E-state index contributed by atoms with van der Waals surface area (Å²) in [6, 6.07) is 0.320. The highest BCUT2D eigenvalue weighted by Gasteiger charge is 2.28. The van der Waals surface area contributed by atoms with Crippen molar-refractivity contribution in [2.24, 2.45) is 11.1 Å². The molecule has 19 heavy (non-hydrogen) atoms. The van der Waals surface area contributed by atoms with Crippen molar-refractivity contribution < 1.29 is 9.53 Å². The van der Waals surface area contributed by atoms with Crippen molar-refractivity contribution >= 4 is 5.91 Å². The maximum atomic E-state index is 12.0. The standard InChI is InChI=1S/C14H27N3O2/c1-14(4-8-19-9-5-14)11-16-13(18)10-17-6-2-12(15)3-7-17/h12H,2-11,15H2,1H3,(H,16,18). The predicted octanol–water partition coefficient (Wildman–Crippen LogP) is 0.342. The molecule has 0 saturated carbocycles. The lowest BCUT2D eigenvalue weighted by molar-refractivity contribution is -0.123. The number of nitrogens with zero attached hydrogens (tertiary/aromatic N) is 1. The van der Waals surface area contributed by atoms with Crippen LogP contribution in [0.2, 0.25) is 0 Å². The van der Waals surface area contributed by atoms with Gasteiger partial charge in [-0.3, -0.25) is 9.69 Å². The van der Waals surface area contributed by atoms with Gasteiger partial charge in [0.25, 0.3) is 0 Å². The summed E-state index contributed by atoms with van der Waals surface area (Å²) in [6.07, 6.45) is 4.07. The molecule has 5 nitrogen and oxygen atoms in total. The molecule has 2 saturated heterocycles. The second kappa shape index (κ2) is 6.68. The lowest BCUT2D eigenvalue weighted by Crippen LogP contribution is -2.46. The zero-order valence-electron chi connectivity index (χ0n) is 12.0. The molecule has 2 aliphatic heterocycles. The Morgan fingerprint density at radius 1 is 1.37 bits per heavy atom. The van der Waals surface area contributed by atoms with E-state index in [4.69, 9.17) is 10.5 Å². The largest absolute Gasteiger partial charge is 0.381 e. The minimum atomic E-state index is 0.142. The van der Waals surface area contributed by atoms with Crippen molar-refractivity contribution in [3.05, 3.63) is 0 Å². The van der Waals surface area contributed by atoms with Gasteiger partial charge in [-0.2, -0.15) is 0 Å². The molecule has 0 radical (unpaired) electrons. The van der Waals surface area contributed by atoms with E-state index in [-0.39, 0.29) is 11.3 Å². The van der Waals surface area contributed by atoms with Crippen LogP contribution in [0.3, 0.4) is 0 Å². The molecule has 0 bridgehead atoms. The Hall–Kier alpha value is -0.650. The molecule has 0 aromatic rings. The zero-order chi connectivity index (χ0) is 13.7. The van der Waals surface area contributed by atoms with Gasteiger partial charge >= 0.3 is 0 Å². The summed E-state index contributed by atoms with van der Waals surface area (Å²) < 4.78 is 5.37. The maximum Gasteiger partial charge on any atom is 0.234 e. The third-order valence-electron chi connectivity index (χ3n) is 4.41. The van der Waals surface area contributed by atoms with Crippen molar-refractivity contribution in [1.29, 1.82) is 0 Å². The molecule has 2 fully saturated rings. The molecular weight excluding hydrogens is 242 g/mol. The van der Waals surface area contributed by atoms with Crippen LogP contribution in [0.15, 0.2) is 0 Å². The van der Waals surface area contributed by atoms with Gasteiger partial charge in [-0.05, 0) is 31.1 Å². The molecule has 1 amide bonds. The van der Waals surface area contributed by atoms with E-state index in [1.807, 2.05) is 0 Å². The monoisotopic (exact) mass is 269 g/mol. The first-order valence-corrected chi connectivity index (χ1v) is 7.40. The SMILES string of the molecule is CC1(CNC(=O)CN2CCC(N)CC2)CCOCC1. The minimum absolute atomic E-state index is 0.142. The van der Waals surface area contributed by atoms with Gasteiger partial charge in [-0.15, -0.1) is 0 Å². The van der Waals surface area contributed by atoms with Crippen LogP contribution in [0.25, 0.3) is 0 Å². The summed E-state index contributed by atoms with van der Waals surface area (Å²) >= 11 is 0. The molecule has 2 heterocycles. The zero-order valence-corrected chi connectivity index (χ0v) is 12.0. The molecule has 3 N–H and O–H groups in total. The van der Waals surface area contributed by atoms with E-state index in [2.05, 4.69) is 17.1 Å². The van der Waals surface area contributed by atoms with Crippen molar-refractivity contribution in [2.75, 3.05) is 39.4 Å². The van der Waals surface area contributed by atoms with E-state index >= 15 is 0 Å². The number of hydrogen-bond donors (Lipinski definition) is 2.